The quantitative estimate of drug-likeness (QED) is 0.459. The molecule has 0 saturated carbocycles. The molecular weight excluding hydrogens is 360 g/mol. The third-order valence-corrected chi connectivity index (χ3v) is 5.10. The molecule has 0 saturated heterocycles. The maximum Gasteiger partial charge on any atom is 0.263 e. The predicted octanol–water partition coefficient (Wildman–Crippen LogP) is 3.11. The highest BCUT2D eigenvalue weighted by Gasteiger charge is 2.15. The zero-order valence-corrected chi connectivity index (χ0v) is 14.9. The molecule has 0 spiro atoms. The van der Waals surface area contributed by atoms with Crippen LogP contribution in [0.1, 0.15) is 46.4 Å². The number of fused-ring (bicyclic) bond motifs is 1. The average molecular weight is 379 g/mol. The van der Waals surface area contributed by atoms with Crippen LogP contribution in [-0.2, 0) is 12.8 Å². The molecule has 0 atom stereocenters. The molecule has 0 aliphatic heterocycles. The second-order valence-electron chi connectivity index (χ2n) is 6.03. The number of rotatable bonds is 6. The number of amides is 1. The molecule has 2 N–H and O–H groups in total. The van der Waals surface area contributed by atoms with Crippen molar-refractivity contribution in [2.75, 3.05) is 12.3 Å². The molecule has 0 unspecified atom stereocenters. The van der Waals surface area contributed by atoms with E-state index in [1.165, 1.54) is 36.0 Å². The van der Waals surface area contributed by atoms with Gasteiger partial charge in [0.15, 0.2) is 5.16 Å². The van der Waals surface area contributed by atoms with E-state index in [2.05, 4.69) is 15.3 Å². The number of aromatic nitrogens is 2. The molecule has 0 radical (unpaired) electrons. The number of benzene rings is 1. The summed E-state index contributed by atoms with van der Waals surface area (Å²) in [5.41, 5.74) is 1.83. The Kier molecular flexibility index (Phi) is 6.03. The minimum Gasteiger partial charge on any atom is -0.351 e. The van der Waals surface area contributed by atoms with Crippen LogP contribution < -0.4 is 10.9 Å². The lowest BCUT2D eigenvalue weighted by Gasteiger charge is -2.14. The number of alkyl halides is 2. The molecule has 1 heterocycles. The van der Waals surface area contributed by atoms with Gasteiger partial charge in [0.25, 0.3) is 17.9 Å². The van der Waals surface area contributed by atoms with Crippen molar-refractivity contribution >= 4 is 17.7 Å². The molecule has 5 nitrogen and oxygen atoms in total. The SMILES string of the molecule is O=C(NCCSc1nc2c(c(=O)[nH]1)CCCC2)c1ccc(C(F)F)cc1. The van der Waals surface area contributed by atoms with Crippen LogP contribution in [0.4, 0.5) is 8.78 Å². The Balaban J connectivity index is 1.50. The molecule has 1 aromatic heterocycles. The van der Waals surface area contributed by atoms with Crippen molar-refractivity contribution in [3.8, 4) is 0 Å². The summed E-state index contributed by atoms with van der Waals surface area (Å²) in [5, 5.41) is 3.29. The van der Waals surface area contributed by atoms with E-state index in [1.54, 1.807) is 0 Å². The van der Waals surface area contributed by atoms with Crippen LogP contribution in [0.2, 0.25) is 0 Å². The fourth-order valence-corrected chi connectivity index (χ4v) is 3.58. The number of nitrogens with one attached hydrogen (secondary N) is 2. The Hall–Kier alpha value is -2.22. The first kappa shape index (κ1) is 18.6. The fourth-order valence-electron chi connectivity index (χ4n) is 2.84. The molecule has 0 bridgehead atoms. The molecule has 26 heavy (non-hydrogen) atoms. The first-order valence-corrected chi connectivity index (χ1v) is 9.44. The molecule has 1 aromatic carbocycles. The maximum atomic E-state index is 12.5. The number of aromatic amines is 1. The van der Waals surface area contributed by atoms with E-state index in [0.717, 1.165) is 36.9 Å². The van der Waals surface area contributed by atoms with E-state index >= 15 is 0 Å². The summed E-state index contributed by atoms with van der Waals surface area (Å²) >= 11 is 1.37. The van der Waals surface area contributed by atoms with Crippen LogP contribution in [0.15, 0.2) is 34.2 Å². The topological polar surface area (TPSA) is 74.8 Å². The van der Waals surface area contributed by atoms with Crippen LogP contribution in [0, 0.1) is 0 Å². The van der Waals surface area contributed by atoms with Gasteiger partial charge < -0.3 is 10.3 Å². The number of nitrogens with zero attached hydrogens (tertiary/aromatic N) is 1. The summed E-state index contributed by atoms with van der Waals surface area (Å²) in [6.07, 6.45) is 1.14. The highest BCUT2D eigenvalue weighted by atomic mass is 32.2. The number of carbonyl (C=O) groups excluding carboxylic acids is 1. The summed E-state index contributed by atoms with van der Waals surface area (Å²) < 4.78 is 25.0. The second-order valence-corrected chi connectivity index (χ2v) is 7.11. The van der Waals surface area contributed by atoms with Crippen molar-refractivity contribution in [1.29, 1.82) is 0 Å². The van der Waals surface area contributed by atoms with Gasteiger partial charge in [-0.05, 0) is 37.8 Å². The zero-order valence-electron chi connectivity index (χ0n) is 14.1. The molecule has 1 aliphatic carbocycles. The average Bonchev–Trinajstić information content (AvgIpc) is 2.65. The van der Waals surface area contributed by atoms with E-state index in [4.69, 9.17) is 0 Å². The first-order valence-electron chi connectivity index (χ1n) is 8.46. The van der Waals surface area contributed by atoms with Crippen molar-refractivity contribution in [2.24, 2.45) is 0 Å². The second kappa shape index (κ2) is 8.44. The van der Waals surface area contributed by atoms with Gasteiger partial charge in [-0.25, -0.2) is 13.8 Å². The van der Waals surface area contributed by atoms with Crippen molar-refractivity contribution in [3.63, 3.8) is 0 Å². The molecule has 3 rings (SSSR count). The number of hydrogen-bond donors (Lipinski definition) is 2. The molecule has 8 heteroatoms. The molecule has 1 aliphatic rings. The van der Waals surface area contributed by atoms with Crippen LogP contribution in [0.3, 0.4) is 0 Å². The number of halogens is 2. The van der Waals surface area contributed by atoms with Crippen LogP contribution in [0.25, 0.3) is 0 Å². The van der Waals surface area contributed by atoms with Gasteiger partial charge in [0.2, 0.25) is 0 Å². The lowest BCUT2D eigenvalue weighted by molar-refractivity contribution is 0.0955. The van der Waals surface area contributed by atoms with Gasteiger partial charge >= 0.3 is 0 Å². The summed E-state index contributed by atoms with van der Waals surface area (Å²) in [6.45, 7) is 0.376. The van der Waals surface area contributed by atoms with Gasteiger partial charge in [-0.15, -0.1) is 0 Å². The smallest absolute Gasteiger partial charge is 0.263 e. The Morgan fingerprint density at radius 1 is 1.23 bits per heavy atom. The standard InChI is InChI=1S/C18H19F2N3O2S/c19-15(20)11-5-7-12(8-6-11)16(24)21-9-10-26-18-22-14-4-2-1-3-13(14)17(25)23-18/h5-8,15H,1-4,9-10H2,(H,21,24)(H,22,23,25). The predicted molar refractivity (Wildman–Crippen MR) is 96.0 cm³/mol. The van der Waals surface area contributed by atoms with Gasteiger partial charge in [0.05, 0.1) is 5.69 Å². The van der Waals surface area contributed by atoms with E-state index in [1.807, 2.05) is 0 Å². The van der Waals surface area contributed by atoms with Crippen molar-refractivity contribution in [3.05, 3.63) is 57.0 Å². The van der Waals surface area contributed by atoms with Crippen LogP contribution >= 0.6 is 11.8 Å². The largest absolute Gasteiger partial charge is 0.351 e. The Labute approximate surface area is 153 Å². The number of carbonyl (C=O) groups is 1. The van der Waals surface area contributed by atoms with Crippen LogP contribution in [0.5, 0.6) is 0 Å². The van der Waals surface area contributed by atoms with E-state index in [0.29, 0.717) is 23.0 Å². The zero-order chi connectivity index (χ0) is 18.5. The molecule has 0 fully saturated rings. The molecular formula is C18H19F2N3O2S. The van der Waals surface area contributed by atoms with Gasteiger partial charge in [-0.2, -0.15) is 0 Å². The highest BCUT2D eigenvalue weighted by molar-refractivity contribution is 7.99. The van der Waals surface area contributed by atoms with E-state index < -0.39 is 6.43 Å². The van der Waals surface area contributed by atoms with Gasteiger partial charge in [0, 0.05) is 29.0 Å². The summed E-state index contributed by atoms with van der Waals surface area (Å²) in [5.74, 6) is 0.223. The van der Waals surface area contributed by atoms with Crippen molar-refractivity contribution < 1.29 is 13.6 Å². The normalized spacial score (nSPS) is 13.5. The van der Waals surface area contributed by atoms with Gasteiger partial charge in [-0.1, -0.05) is 23.9 Å². The minimum atomic E-state index is -2.55. The summed E-state index contributed by atoms with van der Waals surface area (Å²) in [7, 11) is 0. The monoisotopic (exact) mass is 379 g/mol. The number of hydrogen-bond acceptors (Lipinski definition) is 4. The molecule has 138 valence electrons. The molecule has 2 aromatic rings. The third-order valence-electron chi connectivity index (χ3n) is 4.22. The highest BCUT2D eigenvalue weighted by Crippen LogP contribution is 2.20. The van der Waals surface area contributed by atoms with Crippen LogP contribution in [-0.4, -0.2) is 28.2 Å². The third kappa shape index (κ3) is 4.49. The molecule has 1 amide bonds. The van der Waals surface area contributed by atoms with Gasteiger partial charge in [0.1, 0.15) is 0 Å². The first-order chi connectivity index (χ1) is 12.5. The Bertz CT molecular complexity index is 837. The van der Waals surface area contributed by atoms with E-state index in [9.17, 15) is 18.4 Å². The maximum absolute atomic E-state index is 12.5. The van der Waals surface area contributed by atoms with Gasteiger partial charge in [-0.3, -0.25) is 9.59 Å². The number of H-pyrrole nitrogens is 1. The summed E-state index contributed by atoms with van der Waals surface area (Å²) in [6, 6.07) is 5.26. The number of aryl methyl sites for hydroxylation is 1. The fraction of sp³-hybridized carbons (Fsp3) is 0.389. The Morgan fingerprint density at radius 2 is 1.96 bits per heavy atom. The Morgan fingerprint density at radius 3 is 2.69 bits per heavy atom. The van der Waals surface area contributed by atoms with Crippen molar-refractivity contribution in [2.45, 2.75) is 37.3 Å². The summed E-state index contributed by atoms with van der Waals surface area (Å²) in [4.78, 5) is 31.3. The lowest BCUT2D eigenvalue weighted by Crippen LogP contribution is -2.26. The van der Waals surface area contributed by atoms with Crippen molar-refractivity contribution in [1.82, 2.24) is 15.3 Å². The minimum absolute atomic E-state index is 0.0691. The number of thioether (sulfide) groups is 1. The van der Waals surface area contributed by atoms with E-state index in [-0.39, 0.29) is 17.0 Å². The lowest BCUT2D eigenvalue weighted by atomic mass is 9.97.